The third-order valence-electron chi connectivity index (χ3n) is 3.13. The van der Waals surface area contributed by atoms with E-state index in [1.54, 1.807) is 18.9 Å². The van der Waals surface area contributed by atoms with Gasteiger partial charge in [-0.25, -0.2) is 0 Å². The predicted octanol–water partition coefficient (Wildman–Crippen LogP) is 1.49. The largest absolute Gasteiger partial charge is 0.382 e. The Balaban J connectivity index is 1.83. The average molecular weight is 310 g/mol. The number of hydrogen-bond acceptors (Lipinski definition) is 5. The van der Waals surface area contributed by atoms with Gasteiger partial charge in [-0.05, 0) is 17.7 Å². The van der Waals surface area contributed by atoms with Crippen molar-refractivity contribution in [1.29, 1.82) is 0 Å². The summed E-state index contributed by atoms with van der Waals surface area (Å²) >= 11 is 1.81. The van der Waals surface area contributed by atoms with Crippen molar-refractivity contribution in [2.45, 2.75) is 12.6 Å². The van der Waals surface area contributed by atoms with E-state index in [9.17, 15) is 4.79 Å². The Morgan fingerprint density at radius 2 is 2.38 bits per heavy atom. The predicted molar refractivity (Wildman–Crippen MR) is 85.7 cm³/mol. The molecule has 0 radical (unpaired) electrons. The summed E-state index contributed by atoms with van der Waals surface area (Å²) in [4.78, 5) is 12.1. The minimum Gasteiger partial charge on any atom is -0.382 e. The van der Waals surface area contributed by atoms with Gasteiger partial charge in [-0.3, -0.25) is 4.79 Å². The molecule has 1 aliphatic rings. The van der Waals surface area contributed by atoms with Gasteiger partial charge < -0.3 is 20.1 Å². The van der Waals surface area contributed by atoms with Crippen molar-refractivity contribution in [3.8, 4) is 0 Å². The maximum atomic E-state index is 12.1. The molecule has 116 valence electrons. The number of carbonyl (C=O) groups is 1. The van der Waals surface area contributed by atoms with Crippen LogP contribution < -0.4 is 10.6 Å². The zero-order chi connectivity index (χ0) is 14.9. The molecule has 6 heteroatoms. The van der Waals surface area contributed by atoms with Crippen LogP contribution in [0.1, 0.15) is 5.56 Å². The lowest BCUT2D eigenvalue weighted by molar-refractivity contribution is -0.117. The number of ether oxygens (including phenoxy) is 2. The van der Waals surface area contributed by atoms with Gasteiger partial charge in [0.2, 0.25) is 5.91 Å². The van der Waals surface area contributed by atoms with Crippen LogP contribution in [0.4, 0.5) is 5.69 Å². The lowest BCUT2D eigenvalue weighted by Crippen LogP contribution is -2.46. The molecule has 0 aromatic heterocycles. The lowest BCUT2D eigenvalue weighted by Gasteiger charge is -2.22. The minimum atomic E-state index is -0.106. The molecule has 1 aliphatic heterocycles. The fraction of sp³-hybridized carbons (Fsp3) is 0.533. The zero-order valence-corrected chi connectivity index (χ0v) is 13.1. The minimum absolute atomic E-state index is 0.0275. The number of benzene rings is 1. The number of methoxy groups -OCH3 is 1. The Bertz CT molecular complexity index is 450. The first-order chi connectivity index (χ1) is 10.3. The van der Waals surface area contributed by atoms with E-state index in [0.29, 0.717) is 19.8 Å². The highest BCUT2D eigenvalue weighted by Crippen LogP contribution is 2.14. The first kappa shape index (κ1) is 16.3. The molecule has 1 heterocycles. The van der Waals surface area contributed by atoms with Crippen molar-refractivity contribution in [2.24, 2.45) is 0 Å². The van der Waals surface area contributed by atoms with Crippen LogP contribution in [0.2, 0.25) is 0 Å². The van der Waals surface area contributed by atoms with Crippen LogP contribution in [0.5, 0.6) is 0 Å². The van der Waals surface area contributed by atoms with Crippen molar-refractivity contribution in [2.75, 3.05) is 43.7 Å². The van der Waals surface area contributed by atoms with Gasteiger partial charge in [-0.15, -0.1) is 0 Å². The van der Waals surface area contributed by atoms with E-state index in [1.165, 1.54) is 0 Å². The molecule has 0 spiro atoms. The van der Waals surface area contributed by atoms with Gasteiger partial charge >= 0.3 is 0 Å². The Labute approximate surface area is 129 Å². The average Bonchev–Trinajstić information content (AvgIpc) is 2.53. The molecule has 1 unspecified atom stereocenters. The molecule has 1 saturated heterocycles. The van der Waals surface area contributed by atoms with E-state index >= 15 is 0 Å². The van der Waals surface area contributed by atoms with Crippen LogP contribution in [-0.2, 0) is 20.9 Å². The fourth-order valence-electron chi connectivity index (χ4n) is 2.03. The number of carbonyl (C=O) groups excluding carboxylic acids is 1. The second-order valence-electron chi connectivity index (χ2n) is 4.82. The standard InChI is InChI=1S/C15H22N2O3S/c1-19-6-7-20-10-12-3-2-4-13(9-12)17-15(18)14-11-21-8-5-16-14/h2-4,9,14,16H,5-8,10-11H2,1H3,(H,17,18). The molecule has 2 rings (SSSR count). The fourth-order valence-corrected chi connectivity index (χ4v) is 2.97. The monoisotopic (exact) mass is 310 g/mol. The van der Waals surface area contributed by atoms with Crippen LogP contribution in [-0.4, -0.2) is 50.3 Å². The van der Waals surface area contributed by atoms with Crippen molar-refractivity contribution >= 4 is 23.4 Å². The quantitative estimate of drug-likeness (QED) is 0.747. The molecule has 0 bridgehead atoms. The van der Waals surface area contributed by atoms with Crippen LogP contribution in [0, 0.1) is 0 Å². The van der Waals surface area contributed by atoms with Gasteiger partial charge in [0.25, 0.3) is 0 Å². The molecule has 2 N–H and O–H groups in total. The van der Waals surface area contributed by atoms with E-state index < -0.39 is 0 Å². The summed E-state index contributed by atoms with van der Waals surface area (Å²) in [5.41, 5.74) is 1.85. The van der Waals surface area contributed by atoms with Gasteiger partial charge in [0.15, 0.2) is 0 Å². The Kier molecular flexibility index (Phi) is 7.02. The summed E-state index contributed by atoms with van der Waals surface area (Å²) < 4.78 is 10.4. The third-order valence-corrected chi connectivity index (χ3v) is 4.20. The number of nitrogens with one attached hydrogen (secondary N) is 2. The summed E-state index contributed by atoms with van der Waals surface area (Å²) in [5, 5.41) is 6.19. The zero-order valence-electron chi connectivity index (χ0n) is 12.3. The molecule has 0 saturated carbocycles. The van der Waals surface area contributed by atoms with E-state index in [2.05, 4.69) is 10.6 Å². The number of thioether (sulfide) groups is 1. The van der Waals surface area contributed by atoms with Gasteiger partial charge in [0, 0.05) is 30.8 Å². The summed E-state index contributed by atoms with van der Waals surface area (Å²) in [6.45, 7) is 2.55. The maximum Gasteiger partial charge on any atom is 0.242 e. The Hall–Kier alpha value is -1.08. The molecule has 0 aliphatic carbocycles. The normalized spacial score (nSPS) is 18.4. The van der Waals surface area contributed by atoms with Crippen LogP contribution >= 0.6 is 11.8 Å². The summed E-state index contributed by atoms with van der Waals surface area (Å²) in [7, 11) is 1.65. The highest BCUT2D eigenvalue weighted by atomic mass is 32.2. The molecule has 21 heavy (non-hydrogen) atoms. The van der Waals surface area contributed by atoms with E-state index in [4.69, 9.17) is 9.47 Å². The highest BCUT2D eigenvalue weighted by molar-refractivity contribution is 7.99. The summed E-state index contributed by atoms with van der Waals surface area (Å²) in [6.07, 6.45) is 0. The van der Waals surface area contributed by atoms with E-state index in [0.717, 1.165) is 29.3 Å². The SMILES string of the molecule is COCCOCc1cccc(NC(=O)C2CSCCN2)c1. The van der Waals surface area contributed by atoms with Gasteiger partial charge in [0.1, 0.15) is 0 Å². The Morgan fingerprint density at radius 1 is 1.48 bits per heavy atom. The maximum absolute atomic E-state index is 12.1. The van der Waals surface area contributed by atoms with E-state index in [-0.39, 0.29) is 11.9 Å². The van der Waals surface area contributed by atoms with Gasteiger partial charge in [-0.1, -0.05) is 12.1 Å². The first-order valence-corrected chi connectivity index (χ1v) is 8.22. The van der Waals surface area contributed by atoms with Crippen molar-refractivity contribution in [3.63, 3.8) is 0 Å². The second-order valence-corrected chi connectivity index (χ2v) is 5.97. The van der Waals surface area contributed by atoms with Crippen molar-refractivity contribution in [1.82, 2.24) is 5.32 Å². The molecule has 1 aromatic rings. The van der Waals surface area contributed by atoms with Crippen LogP contribution in [0.15, 0.2) is 24.3 Å². The molecular weight excluding hydrogens is 288 g/mol. The number of rotatable bonds is 7. The third kappa shape index (κ3) is 5.67. The van der Waals surface area contributed by atoms with Crippen molar-refractivity contribution in [3.05, 3.63) is 29.8 Å². The molecule has 1 amide bonds. The number of amides is 1. The second kappa shape index (κ2) is 9.04. The van der Waals surface area contributed by atoms with E-state index in [1.807, 2.05) is 24.3 Å². The highest BCUT2D eigenvalue weighted by Gasteiger charge is 2.20. The number of hydrogen-bond donors (Lipinski definition) is 2. The van der Waals surface area contributed by atoms with Gasteiger partial charge in [0.05, 0.1) is 25.9 Å². The number of anilines is 1. The molecule has 1 atom stereocenters. The summed E-state index contributed by atoms with van der Waals surface area (Å²) in [5.74, 6) is 1.92. The molecule has 1 fully saturated rings. The molecular formula is C15H22N2O3S. The topological polar surface area (TPSA) is 59.6 Å². The summed E-state index contributed by atoms with van der Waals surface area (Å²) in [6, 6.07) is 7.64. The first-order valence-electron chi connectivity index (χ1n) is 7.07. The van der Waals surface area contributed by atoms with Crippen LogP contribution in [0.25, 0.3) is 0 Å². The van der Waals surface area contributed by atoms with Crippen LogP contribution in [0.3, 0.4) is 0 Å². The molecule has 1 aromatic carbocycles. The molecule has 5 nitrogen and oxygen atoms in total. The van der Waals surface area contributed by atoms with Gasteiger partial charge in [-0.2, -0.15) is 11.8 Å². The smallest absolute Gasteiger partial charge is 0.242 e. The lowest BCUT2D eigenvalue weighted by atomic mass is 10.2. The Morgan fingerprint density at radius 3 is 3.14 bits per heavy atom. The van der Waals surface area contributed by atoms with Crippen molar-refractivity contribution < 1.29 is 14.3 Å².